The van der Waals surface area contributed by atoms with E-state index in [1.807, 2.05) is 6.92 Å². The fourth-order valence-corrected chi connectivity index (χ4v) is 4.07. The summed E-state index contributed by atoms with van der Waals surface area (Å²) in [7, 11) is 0. The van der Waals surface area contributed by atoms with Crippen molar-refractivity contribution >= 4 is 17.2 Å². The monoisotopic (exact) mass is 390 g/mol. The molecular weight excluding hydrogens is 356 g/mol. The van der Waals surface area contributed by atoms with Gasteiger partial charge in [-0.05, 0) is 68.2 Å². The van der Waals surface area contributed by atoms with Crippen LogP contribution in [0.15, 0.2) is 58.3 Å². The Morgan fingerprint density at radius 3 is 2.66 bits per heavy atom. The summed E-state index contributed by atoms with van der Waals surface area (Å²) < 4.78 is 0. The number of nitrogens with two attached hydrogens (primary N) is 1. The number of nitrogens with zero attached hydrogens (tertiary/aromatic N) is 3. The van der Waals surface area contributed by atoms with Crippen molar-refractivity contribution in [2.24, 2.45) is 21.6 Å². The average molecular weight is 391 g/mol. The van der Waals surface area contributed by atoms with E-state index in [1.165, 1.54) is 41.5 Å². The van der Waals surface area contributed by atoms with Crippen LogP contribution >= 0.6 is 0 Å². The summed E-state index contributed by atoms with van der Waals surface area (Å²) in [5.74, 6) is 2.64. The molecule has 2 N–H and O–H groups in total. The standard InChI is InChI=1S/C25H34N4/c1-6-20-16-22(23-18(4)10-9-11-21(23)13-12-17(2)3)25(29-14-7-8-15-29)28-24(20)27-19(5)26/h6,9-11,16-17H,5,7-8,12-15,26H2,1-4H3/b20-6-,27-24?. The molecule has 0 radical (unpaired) electrons. The summed E-state index contributed by atoms with van der Waals surface area (Å²) in [5, 5.41) is 0. The van der Waals surface area contributed by atoms with Gasteiger partial charge in [-0.3, -0.25) is 0 Å². The molecule has 3 rings (SSSR count). The summed E-state index contributed by atoms with van der Waals surface area (Å²) in [6.45, 7) is 14.6. The molecule has 0 aromatic heterocycles. The Morgan fingerprint density at radius 2 is 2.03 bits per heavy atom. The van der Waals surface area contributed by atoms with Gasteiger partial charge in [0.1, 0.15) is 11.7 Å². The summed E-state index contributed by atoms with van der Waals surface area (Å²) >= 11 is 0. The zero-order chi connectivity index (χ0) is 21.0. The quantitative estimate of drug-likeness (QED) is 0.746. The number of hydrogen-bond donors (Lipinski definition) is 1. The number of dihydropyridines is 1. The van der Waals surface area contributed by atoms with E-state index in [1.54, 1.807) is 0 Å². The Kier molecular flexibility index (Phi) is 6.73. The molecule has 4 nitrogen and oxygen atoms in total. The summed E-state index contributed by atoms with van der Waals surface area (Å²) in [5.41, 5.74) is 12.0. The van der Waals surface area contributed by atoms with Crippen LogP contribution in [0.1, 0.15) is 56.7 Å². The largest absolute Gasteiger partial charge is 0.384 e. The average Bonchev–Trinajstić information content (AvgIpc) is 3.20. The van der Waals surface area contributed by atoms with Gasteiger partial charge in [-0.2, -0.15) is 0 Å². The Labute approximate surface area is 175 Å². The topological polar surface area (TPSA) is 54.0 Å². The maximum atomic E-state index is 5.79. The first-order chi connectivity index (χ1) is 13.9. The van der Waals surface area contributed by atoms with E-state index < -0.39 is 0 Å². The van der Waals surface area contributed by atoms with Gasteiger partial charge >= 0.3 is 0 Å². The van der Waals surface area contributed by atoms with Gasteiger partial charge in [0.15, 0.2) is 5.84 Å². The third-order valence-corrected chi connectivity index (χ3v) is 5.60. The minimum Gasteiger partial charge on any atom is -0.384 e. The molecule has 1 aromatic rings. The van der Waals surface area contributed by atoms with Crippen LogP contribution in [0.3, 0.4) is 0 Å². The van der Waals surface area contributed by atoms with Crippen LogP contribution in [0.5, 0.6) is 0 Å². The van der Waals surface area contributed by atoms with Crippen molar-refractivity contribution in [1.29, 1.82) is 0 Å². The number of rotatable bonds is 5. The van der Waals surface area contributed by atoms with Crippen molar-refractivity contribution in [3.63, 3.8) is 0 Å². The van der Waals surface area contributed by atoms with Crippen LogP contribution in [0.25, 0.3) is 5.57 Å². The maximum absolute atomic E-state index is 5.79. The van der Waals surface area contributed by atoms with Gasteiger partial charge in [-0.15, -0.1) is 0 Å². The molecule has 4 heteroatoms. The van der Waals surface area contributed by atoms with E-state index in [0.717, 1.165) is 30.9 Å². The number of allylic oxidation sites excluding steroid dienone is 1. The van der Waals surface area contributed by atoms with Gasteiger partial charge in [0.25, 0.3) is 0 Å². The fourth-order valence-electron chi connectivity index (χ4n) is 4.07. The molecule has 1 aromatic carbocycles. The first kappa shape index (κ1) is 21.1. The summed E-state index contributed by atoms with van der Waals surface area (Å²) in [6.07, 6.45) is 8.95. The minimum atomic E-state index is 0.286. The number of likely N-dealkylation sites (tertiary alicyclic amines) is 1. The van der Waals surface area contributed by atoms with Crippen LogP contribution in [0, 0.1) is 12.8 Å². The highest BCUT2D eigenvalue weighted by Crippen LogP contribution is 2.33. The van der Waals surface area contributed by atoms with Crippen LogP contribution < -0.4 is 5.73 Å². The molecule has 154 valence electrons. The zero-order valence-corrected chi connectivity index (χ0v) is 18.3. The lowest BCUT2D eigenvalue weighted by molar-refractivity contribution is 0.524. The van der Waals surface area contributed by atoms with E-state index in [0.29, 0.717) is 11.8 Å². The number of benzene rings is 1. The Hall–Kier alpha value is -2.62. The lowest BCUT2D eigenvalue weighted by atomic mass is 9.88. The lowest BCUT2D eigenvalue weighted by Crippen LogP contribution is -2.32. The molecule has 0 atom stereocenters. The summed E-state index contributed by atoms with van der Waals surface area (Å²) in [6, 6.07) is 6.65. The predicted octanol–water partition coefficient (Wildman–Crippen LogP) is 5.25. The van der Waals surface area contributed by atoms with Crippen molar-refractivity contribution in [2.75, 3.05) is 13.1 Å². The van der Waals surface area contributed by atoms with Crippen LogP contribution in [-0.2, 0) is 6.42 Å². The number of amidine groups is 2. The van der Waals surface area contributed by atoms with Gasteiger partial charge in [0, 0.05) is 24.2 Å². The molecular formula is C25H34N4. The van der Waals surface area contributed by atoms with Gasteiger partial charge in [0.2, 0.25) is 0 Å². The highest BCUT2D eigenvalue weighted by Gasteiger charge is 2.27. The molecule has 29 heavy (non-hydrogen) atoms. The molecule has 2 aliphatic rings. The predicted molar refractivity (Wildman–Crippen MR) is 125 cm³/mol. The smallest absolute Gasteiger partial charge is 0.163 e. The Morgan fingerprint density at radius 1 is 1.31 bits per heavy atom. The first-order valence-electron chi connectivity index (χ1n) is 10.7. The molecule has 0 bridgehead atoms. The van der Waals surface area contributed by atoms with E-state index in [9.17, 15) is 0 Å². The second-order valence-corrected chi connectivity index (χ2v) is 8.40. The molecule has 0 unspecified atom stereocenters. The van der Waals surface area contributed by atoms with Gasteiger partial charge in [-0.25, -0.2) is 9.98 Å². The second-order valence-electron chi connectivity index (χ2n) is 8.40. The third-order valence-electron chi connectivity index (χ3n) is 5.60. The normalized spacial score (nSPS) is 19.8. The molecule has 2 heterocycles. The SMILES string of the molecule is C=C(N)N=C1N=C(N2CCCC2)C(c2c(C)cccc2CCC(C)C)=C/C1=C/C. The molecule has 1 fully saturated rings. The molecule has 1 saturated heterocycles. The first-order valence-corrected chi connectivity index (χ1v) is 10.7. The molecule has 0 amide bonds. The lowest BCUT2D eigenvalue weighted by Gasteiger charge is -2.28. The van der Waals surface area contributed by atoms with Crippen LogP contribution in [0.4, 0.5) is 0 Å². The molecule has 0 saturated carbocycles. The maximum Gasteiger partial charge on any atom is 0.163 e. The van der Waals surface area contributed by atoms with Crippen molar-refractivity contribution in [3.05, 3.63) is 65.0 Å². The number of aliphatic imine (C=N–C) groups is 2. The second kappa shape index (κ2) is 9.25. The fraction of sp³-hybridized carbons (Fsp3) is 0.440. The third kappa shape index (κ3) is 4.87. The highest BCUT2D eigenvalue weighted by molar-refractivity contribution is 6.31. The molecule has 0 spiro atoms. The number of aryl methyl sites for hydroxylation is 2. The summed E-state index contributed by atoms with van der Waals surface area (Å²) in [4.78, 5) is 11.8. The van der Waals surface area contributed by atoms with Crippen LogP contribution in [0.2, 0.25) is 0 Å². The highest BCUT2D eigenvalue weighted by atomic mass is 15.2. The van der Waals surface area contributed by atoms with Crippen molar-refractivity contribution < 1.29 is 0 Å². The van der Waals surface area contributed by atoms with Gasteiger partial charge in [-0.1, -0.05) is 44.7 Å². The van der Waals surface area contributed by atoms with E-state index in [-0.39, 0.29) is 5.82 Å². The van der Waals surface area contributed by atoms with Gasteiger partial charge in [0.05, 0.1) is 0 Å². The van der Waals surface area contributed by atoms with Crippen molar-refractivity contribution in [3.8, 4) is 0 Å². The van der Waals surface area contributed by atoms with E-state index in [2.05, 4.69) is 67.6 Å². The van der Waals surface area contributed by atoms with Gasteiger partial charge < -0.3 is 10.6 Å². The molecule has 2 aliphatic heterocycles. The zero-order valence-electron chi connectivity index (χ0n) is 18.3. The van der Waals surface area contributed by atoms with Crippen LogP contribution in [-0.4, -0.2) is 29.7 Å². The minimum absolute atomic E-state index is 0.286. The van der Waals surface area contributed by atoms with Crippen molar-refractivity contribution in [2.45, 2.75) is 53.4 Å². The number of hydrogen-bond acceptors (Lipinski definition) is 3. The van der Waals surface area contributed by atoms with E-state index in [4.69, 9.17) is 10.7 Å². The van der Waals surface area contributed by atoms with Crippen molar-refractivity contribution in [1.82, 2.24) is 4.90 Å². The Balaban J connectivity index is 2.15. The van der Waals surface area contributed by atoms with E-state index >= 15 is 0 Å². The Bertz CT molecular complexity index is 893. The molecule has 0 aliphatic carbocycles.